The maximum atomic E-state index is 12.5. The molecule has 0 radical (unpaired) electrons. The second-order valence-corrected chi connectivity index (χ2v) is 5.52. The maximum Gasteiger partial charge on any atom is 0.245 e. The first-order chi connectivity index (χ1) is 9.65. The highest BCUT2D eigenvalue weighted by molar-refractivity contribution is 5.90. The van der Waals surface area contributed by atoms with Gasteiger partial charge in [0.2, 0.25) is 11.8 Å². The molecule has 20 heavy (non-hydrogen) atoms. The van der Waals surface area contributed by atoms with E-state index in [0.29, 0.717) is 39.3 Å². The third kappa shape index (κ3) is 3.30. The monoisotopic (exact) mass is 283 g/mol. The van der Waals surface area contributed by atoms with Crippen LogP contribution in [0.2, 0.25) is 0 Å². The summed E-state index contributed by atoms with van der Waals surface area (Å²) in [4.78, 5) is 28.4. The average molecular weight is 283 g/mol. The maximum absolute atomic E-state index is 12.5. The van der Waals surface area contributed by atoms with Crippen LogP contribution in [0.15, 0.2) is 0 Å². The van der Waals surface area contributed by atoms with Crippen molar-refractivity contribution in [3.8, 4) is 0 Å². The van der Waals surface area contributed by atoms with E-state index >= 15 is 0 Å². The standard InChI is InChI=1S/C14H25N3O3/c1-2-4-11(15)13(18)17-6-3-5-12(17)14(19)16-7-9-20-10-8-16/h11-12H,2-10,15H2,1H3. The number of hydrogen-bond donors (Lipinski definition) is 1. The summed E-state index contributed by atoms with van der Waals surface area (Å²) in [6.07, 6.45) is 3.18. The Bertz CT molecular complexity index is 356. The molecule has 0 aromatic rings. The number of hydrogen-bond acceptors (Lipinski definition) is 4. The molecule has 0 saturated carbocycles. The van der Waals surface area contributed by atoms with E-state index in [-0.39, 0.29) is 17.9 Å². The predicted octanol–water partition coefficient (Wildman–Crippen LogP) is -0.0364. The summed E-state index contributed by atoms with van der Waals surface area (Å²) in [6.45, 7) is 5.07. The van der Waals surface area contributed by atoms with Gasteiger partial charge in [-0.25, -0.2) is 0 Å². The lowest BCUT2D eigenvalue weighted by atomic mass is 10.1. The van der Waals surface area contributed by atoms with Crippen LogP contribution in [-0.2, 0) is 14.3 Å². The Morgan fingerprint density at radius 2 is 2.00 bits per heavy atom. The van der Waals surface area contributed by atoms with Crippen LogP contribution in [0.25, 0.3) is 0 Å². The van der Waals surface area contributed by atoms with Gasteiger partial charge in [-0.3, -0.25) is 9.59 Å². The van der Waals surface area contributed by atoms with Crippen molar-refractivity contribution in [1.29, 1.82) is 0 Å². The van der Waals surface area contributed by atoms with Crippen LogP contribution in [0.3, 0.4) is 0 Å². The Morgan fingerprint density at radius 3 is 2.65 bits per heavy atom. The van der Waals surface area contributed by atoms with Crippen LogP contribution >= 0.6 is 0 Å². The van der Waals surface area contributed by atoms with Crippen molar-refractivity contribution in [3.05, 3.63) is 0 Å². The van der Waals surface area contributed by atoms with Gasteiger partial charge in [0.15, 0.2) is 0 Å². The molecule has 0 aromatic carbocycles. The van der Waals surface area contributed by atoms with Crippen molar-refractivity contribution in [2.75, 3.05) is 32.8 Å². The Labute approximate surface area is 120 Å². The summed E-state index contributed by atoms with van der Waals surface area (Å²) in [5.74, 6) is -0.0150. The molecular weight excluding hydrogens is 258 g/mol. The minimum Gasteiger partial charge on any atom is -0.378 e. The van der Waals surface area contributed by atoms with Crippen LogP contribution in [0.1, 0.15) is 32.6 Å². The SMILES string of the molecule is CCCC(N)C(=O)N1CCCC1C(=O)N1CCOCC1. The van der Waals surface area contributed by atoms with Gasteiger partial charge in [-0.05, 0) is 19.3 Å². The summed E-state index contributed by atoms with van der Waals surface area (Å²) < 4.78 is 5.26. The third-order valence-corrected chi connectivity index (χ3v) is 4.06. The number of likely N-dealkylation sites (tertiary alicyclic amines) is 1. The molecule has 114 valence electrons. The van der Waals surface area contributed by atoms with Crippen LogP contribution in [-0.4, -0.2) is 66.5 Å². The van der Waals surface area contributed by atoms with Gasteiger partial charge >= 0.3 is 0 Å². The summed E-state index contributed by atoms with van der Waals surface area (Å²) in [7, 11) is 0. The Hall–Kier alpha value is -1.14. The molecule has 2 saturated heterocycles. The van der Waals surface area contributed by atoms with Crippen molar-refractivity contribution < 1.29 is 14.3 Å². The number of ether oxygens (including phenoxy) is 1. The van der Waals surface area contributed by atoms with Gasteiger partial charge in [0.05, 0.1) is 19.3 Å². The molecule has 2 N–H and O–H groups in total. The lowest BCUT2D eigenvalue weighted by Crippen LogP contribution is -2.53. The minimum absolute atomic E-state index is 0.0582. The van der Waals surface area contributed by atoms with E-state index in [1.807, 2.05) is 11.8 Å². The largest absolute Gasteiger partial charge is 0.378 e. The smallest absolute Gasteiger partial charge is 0.245 e. The van der Waals surface area contributed by atoms with Crippen molar-refractivity contribution in [3.63, 3.8) is 0 Å². The van der Waals surface area contributed by atoms with Crippen molar-refractivity contribution in [1.82, 2.24) is 9.80 Å². The Balaban J connectivity index is 1.99. The van der Waals surface area contributed by atoms with Gasteiger partial charge < -0.3 is 20.3 Å². The van der Waals surface area contributed by atoms with Gasteiger partial charge in [-0.15, -0.1) is 0 Å². The third-order valence-electron chi connectivity index (χ3n) is 4.06. The molecule has 6 nitrogen and oxygen atoms in total. The molecule has 0 spiro atoms. The van der Waals surface area contributed by atoms with E-state index < -0.39 is 6.04 Å². The molecule has 2 atom stereocenters. The summed E-state index contributed by atoms with van der Waals surface area (Å²) in [5, 5.41) is 0. The topological polar surface area (TPSA) is 75.9 Å². The van der Waals surface area contributed by atoms with Gasteiger partial charge in [0.25, 0.3) is 0 Å². The lowest BCUT2D eigenvalue weighted by molar-refractivity contribution is -0.147. The van der Waals surface area contributed by atoms with E-state index in [4.69, 9.17) is 10.5 Å². The Kier molecular flexibility index (Phi) is 5.37. The molecule has 0 aliphatic carbocycles. The Morgan fingerprint density at radius 1 is 1.30 bits per heavy atom. The zero-order chi connectivity index (χ0) is 14.5. The zero-order valence-electron chi connectivity index (χ0n) is 12.2. The second-order valence-electron chi connectivity index (χ2n) is 5.52. The molecule has 2 amide bonds. The minimum atomic E-state index is -0.474. The van der Waals surface area contributed by atoms with Gasteiger partial charge in [-0.1, -0.05) is 13.3 Å². The van der Waals surface area contributed by atoms with Gasteiger partial charge in [0.1, 0.15) is 6.04 Å². The fourth-order valence-corrected chi connectivity index (χ4v) is 2.93. The highest BCUT2D eigenvalue weighted by Gasteiger charge is 2.38. The van der Waals surface area contributed by atoms with E-state index in [1.54, 1.807) is 4.90 Å². The van der Waals surface area contributed by atoms with Crippen LogP contribution in [0.4, 0.5) is 0 Å². The first-order valence-electron chi connectivity index (χ1n) is 7.57. The van der Waals surface area contributed by atoms with Gasteiger partial charge in [0, 0.05) is 19.6 Å². The van der Waals surface area contributed by atoms with Crippen molar-refractivity contribution in [2.45, 2.75) is 44.7 Å². The predicted molar refractivity (Wildman–Crippen MR) is 75.0 cm³/mol. The van der Waals surface area contributed by atoms with E-state index in [2.05, 4.69) is 0 Å². The molecule has 2 aliphatic rings. The highest BCUT2D eigenvalue weighted by Crippen LogP contribution is 2.21. The van der Waals surface area contributed by atoms with Crippen molar-refractivity contribution >= 4 is 11.8 Å². The molecule has 6 heteroatoms. The molecule has 0 bridgehead atoms. The summed E-state index contributed by atoms with van der Waals surface area (Å²) >= 11 is 0. The molecule has 2 aliphatic heterocycles. The number of nitrogens with two attached hydrogens (primary N) is 1. The highest BCUT2D eigenvalue weighted by atomic mass is 16.5. The lowest BCUT2D eigenvalue weighted by Gasteiger charge is -2.33. The molecule has 2 rings (SSSR count). The molecule has 2 unspecified atom stereocenters. The number of morpholine rings is 1. The number of carbonyl (C=O) groups is 2. The average Bonchev–Trinajstić information content (AvgIpc) is 2.96. The summed E-state index contributed by atoms with van der Waals surface area (Å²) in [5.41, 5.74) is 5.91. The second kappa shape index (κ2) is 7.04. The number of nitrogens with zero attached hydrogens (tertiary/aromatic N) is 2. The summed E-state index contributed by atoms with van der Waals surface area (Å²) in [6, 6.07) is -0.790. The quantitative estimate of drug-likeness (QED) is 0.786. The van der Waals surface area contributed by atoms with Gasteiger partial charge in [-0.2, -0.15) is 0 Å². The van der Waals surface area contributed by atoms with E-state index in [9.17, 15) is 9.59 Å². The zero-order valence-corrected chi connectivity index (χ0v) is 12.2. The van der Waals surface area contributed by atoms with Crippen LogP contribution in [0.5, 0.6) is 0 Å². The first-order valence-corrected chi connectivity index (χ1v) is 7.57. The molecule has 2 fully saturated rings. The normalized spacial score (nSPS) is 24.8. The first kappa shape index (κ1) is 15.3. The molecular formula is C14H25N3O3. The molecule has 2 heterocycles. The molecule has 0 aromatic heterocycles. The van der Waals surface area contributed by atoms with Crippen molar-refractivity contribution in [2.24, 2.45) is 5.73 Å². The van der Waals surface area contributed by atoms with Crippen LogP contribution < -0.4 is 5.73 Å². The van der Waals surface area contributed by atoms with E-state index in [0.717, 1.165) is 19.3 Å². The van der Waals surface area contributed by atoms with Crippen LogP contribution in [0, 0.1) is 0 Å². The number of rotatable bonds is 4. The van der Waals surface area contributed by atoms with E-state index in [1.165, 1.54) is 0 Å². The number of amides is 2. The fraction of sp³-hybridized carbons (Fsp3) is 0.857. The number of carbonyl (C=O) groups excluding carboxylic acids is 2. The fourth-order valence-electron chi connectivity index (χ4n) is 2.93.